The Labute approximate surface area is 232 Å². The molecule has 2 aliphatic rings. The zero-order valence-corrected chi connectivity index (χ0v) is 23.0. The highest BCUT2D eigenvalue weighted by Gasteiger charge is 2.34. The van der Waals surface area contributed by atoms with Gasteiger partial charge in [0.25, 0.3) is 0 Å². The first kappa shape index (κ1) is 26.7. The van der Waals surface area contributed by atoms with Gasteiger partial charge >= 0.3 is 5.97 Å². The van der Waals surface area contributed by atoms with Crippen LogP contribution >= 0.6 is 23.2 Å². The van der Waals surface area contributed by atoms with Crippen LogP contribution in [0.5, 0.6) is 0 Å². The van der Waals surface area contributed by atoms with Gasteiger partial charge < -0.3 is 10.0 Å². The smallest absolute Gasteiger partial charge is 0.303 e. The summed E-state index contributed by atoms with van der Waals surface area (Å²) in [6, 6.07) is 7.62. The molecule has 0 bridgehead atoms. The van der Waals surface area contributed by atoms with Crippen LogP contribution in [0.15, 0.2) is 24.4 Å². The normalized spacial score (nSPS) is 23.3. The molecule has 11 heteroatoms. The number of piperidine rings is 2. The van der Waals surface area contributed by atoms with Crippen LogP contribution in [0.3, 0.4) is 0 Å². The minimum absolute atomic E-state index is 0.226. The Morgan fingerprint density at radius 1 is 1.26 bits per heavy atom. The summed E-state index contributed by atoms with van der Waals surface area (Å²) >= 11 is 12.6. The van der Waals surface area contributed by atoms with Crippen molar-refractivity contribution in [1.29, 1.82) is 5.26 Å². The number of carboxylic acids is 1. The van der Waals surface area contributed by atoms with E-state index in [1.165, 1.54) is 0 Å². The maximum atomic E-state index is 11.2. The molecule has 38 heavy (non-hydrogen) atoms. The quantitative estimate of drug-likeness (QED) is 0.451. The summed E-state index contributed by atoms with van der Waals surface area (Å²) in [5, 5.41) is 24.5. The monoisotopic (exact) mass is 555 g/mol. The van der Waals surface area contributed by atoms with Gasteiger partial charge in [0.15, 0.2) is 11.3 Å². The highest BCUT2D eigenvalue weighted by molar-refractivity contribution is 6.35. The average Bonchev–Trinajstić information content (AvgIpc) is 3.26. The van der Waals surface area contributed by atoms with Gasteiger partial charge in [-0.2, -0.15) is 10.4 Å². The first-order valence-electron chi connectivity index (χ1n) is 13.1. The van der Waals surface area contributed by atoms with Crippen molar-refractivity contribution in [1.82, 2.24) is 24.6 Å². The van der Waals surface area contributed by atoms with Crippen molar-refractivity contribution >= 4 is 46.2 Å². The molecule has 1 N–H and O–H groups in total. The van der Waals surface area contributed by atoms with E-state index < -0.39 is 5.97 Å². The van der Waals surface area contributed by atoms with E-state index in [0.29, 0.717) is 33.2 Å². The Kier molecular flexibility index (Phi) is 7.75. The Morgan fingerprint density at radius 3 is 2.79 bits per heavy atom. The predicted octanol–water partition coefficient (Wildman–Crippen LogP) is 5.02. The molecular formula is C27H31Cl2N7O2. The third-order valence-electron chi connectivity index (χ3n) is 7.94. The van der Waals surface area contributed by atoms with Gasteiger partial charge in [0.05, 0.1) is 12.2 Å². The molecule has 1 aromatic carbocycles. The number of aromatic nitrogens is 4. The van der Waals surface area contributed by atoms with E-state index in [4.69, 9.17) is 28.2 Å². The zero-order valence-electron chi connectivity index (χ0n) is 21.5. The number of hydrogen-bond donors (Lipinski definition) is 1. The molecular weight excluding hydrogens is 525 g/mol. The molecule has 0 radical (unpaired) electrons. The molecule has 2 aliphatic heterocycles. The number of aliphatic carboxylic acids is 1. The van der Waals surface area contributed by atoms with Crippen LogP contribution in [0.4, 0.5) is 5.82 Å². The first-order chi connectivity index (χ1) is 18.2. The summed E-state index contributed by atoms with van der Waals surface area (Å²) < 4.78 is 1.71. The second-order valence-electron chi connectivity index (χ2n) is 10.5. The second-order valence-corrected chi connectivity index (χ2v) is 11.4. The van der Waals surface area contributed by atoms with Crippen LogP contribution in [0, 0.1) is 23.2 Å². The van der Waals surface area contributed by atoms with Crippen LogP contribution in [0.25, 0.3) is 11.2 Å². The third kappa shape index (κ3) is 5.31. The van der Waals surface area contributed by atoms with Gasteiger partial charge in [-0.1, -0.05) is 36.2 Å². The highest BCUT2D eigenvalue weighted by atomic mass is 35.5. The second kappa shape index (κ2) is 11.0. The van der Waals surface area contributed by atoms with E-state index in [1.54, 1.807) is 23.0 Å². The largest absolute Gasteiger partial charge is 0.481 e. The number of carboxylic acid groups (broad SMARTS) is 1. The van der Waals surface area contributed by atoms with Crippen LogP contribution in [0.2, 0.25) is 10.0 Å². The van der Waals surface area contributed by atoms with Gasteiger partial charge in [-0.25, -0.2) is 14.6 Å². The molecule has 0 amide bonds. The fourth-order valence-corrected chi connectivity index (χ4v) is 6.63. The number of nitriles is 1. The van der Waals surface area contributed by atoms with Crippen LogP contribution in [0.1, 0.15) is 56.8 Å². The van der Waals surface area contributed by atoms with Gasteiger partial charge in [0.1, 0.15) is 17.4 Å². The molecule has 4 heterocycles. The molecule has 4 atom stereocenters. The molecule has 0 spiro atoms. The van der Waals surface area contributed by atoms with Gasteiger partial charge in [-0.05, 0) is 62.3 Å². The zero-order chi connectivity index (χ0) is 27.0. The summed E-state index contributed by atoms with van der Waals surface area (Å²) in [6.07, 6.45) is 4.99. The van der Waals surface area contributed by atoms with Crippen molar-refractivity contribution in [3.8, 4) is 6.07 Å². The molecule has 200 valence electrons. The number of benzene rings is 1. The average molecular weight is 556 g/mol. The van der Waals surface area contributed by atoms with Crippen LogP contribution in [-0.4, -0.2) is 67.9 Å². The van der Waals surface area contributed by atoms with Crippen LogP contribution in [-0.2, 0) is 4.79 Å². The van der Waals surface area contributed by atoms with Crippen molar-refractivity contribution in [2.24, 2.45) is 11.8 Å². The van der Waals surface area contributed by atoms with Crippen molar-refractivity contribution < 1.29 is 9.90 Å². The summed E-state index contributed by atoms with van der Waals surface area (Å²) in [5.74, 6) is 0.659. The Bertz CT molecular complexity index is 1390. The van der Waals surface area contributed by atoms with Gasteiger partial charge in [-0.15, -0.1) is 0 Å². The number of hydrogen-bond acceptors (Lipinski definition) is 7. The minimum Gasteiger partial charge on any atom is -0.481 e. The molecule has 2 saturated heterocycles. The van der Waals surface area contributed by atoms with Crippen molar-refractivity contribution in [3.63, 3.8) is 0 Å². The number of likely N-dealkylation sites (tertiary alicyclic amines) is 1. The molecule has 1 unspecified atom stereocenters. The van der Waals surface area contributed by atoms with E-state index in [9.17, 15) is 15.2 Å². The van der Waals surface area contributed by atoms with Crippen molar-refractivity contribution in [2.75, 3.05) is 31.1 Å². The summed E-state index contributed by atoms with van der Waals surface area (Å²) in [7, 11) is 0. The minimum atomic E-state index is -0.708. The molecule has 2 fully saturated rings. The van der Waals surface area contributed by atoms with E-state index in [1.807, 2.05) is 13.0 Å². The summed E-state index contributed by atoms with van der Waals surface area (Å²) in [4.78, 5) is 25.5. The Morgan fingerprint density at radius 2 is 2.08 bits per heavy atom. The van der Waals surface area contributed by atoms with E-state index in [-0.39, 0.29) is 24.1 Å². The number of carbonyl (C=O) groups is 1. The SMILES string of the molecule is C[C@@H]1CN(c2cnc3c(C#N)nn([C@H](C)c4ccc(Cl)cc4Cl)c3n2)CCC1N1CCC[C@@H](CC(=O)O)C1. The Hall–Kier alpha value is -2.93. The molecule has 5 rings (SSSR count). The number of halogens is 2. The molecule has 9 nitrogen and oxygen atoms in total. The fourth-order valence-electron chi connectivity index (χ4n) is 6.07. The summed E-state index contributed by atoms with van der Waals surface area (Å²) in [6.45, 7) is 7.75. The fraction of sp³-hybridized carbons (Fsp3) is 0.519. The predicted molar refractivity (Wildman–Crippen MR) is 147 cm³/mol. The number of fused-ring (bicyclic) bond motifs is 1. The lowest BCUT2D eigenvalue weighted by Crippen LogP contribution is -2.53. The molecule has 3 aromatic rings. The number of nitrogens with zero attached hydrogens (tertiary/aromatic N) is 7. The lowest BCUT2D eigenvalue weighted by Gasteiger charge is -2.45. The van der Waals surface area contributed by atoms with Gasteiger partial charge in [0, 0.05) is 42.1 Å². The number of anilines is 1. The van der Waals surface area contributed by atoms with Crippen molar-refractivity contribution in [2.45, 2.75) is 51.6 Å². The maximum Gasteiger partial charge on any atom is 0.303 e. The summed E-state index contributed by atoms with van der Waals surface area (Å²) in [5.41, 5.74) is 2.06. The third-order valence-corrected chi connectivity index (χ3v) is 8.50. The Balaban J connectivity index is 1.37. The highest BCUT2D eigenvalue weighted by Crippen LogP contribution is 2.33. The van der Waals surface area contributed by atoms with Gasteiger partial charge in [-0.3, -0.25) is 9.69 Å². The van der Waals surface area contributed by atoms with Crippen molar-refractivity contribution in [3.05, 3.63) is 45.7 Å². The van der Waals surface area contributed by atoms with Gasteiger partial charge in [0.2, 0.25) is 0 Å². The molecule has 0 aliphatic carbocycles. The standard InChI is InChI=1S/C27H31Cl2N7O2/c1-16-14-35(9-7-23(16)34-8-3-4-18(15-34)10-25(37)38)24-13-31-26-22(12-30)33-36(27(26)32-24)17(2)20-6-5-19(28)11-21(20)29/h5-6,11,13,16-18,23H,3-4,7-10,14-15H2,1-2H3,(H,37,38)/t16-,17-,18+,23?/m1/s1. The lowest BCUT2D eigenvalue weighted by atomic mass is 9.87. The van der Waals surface area contributed by atoms with E-state index in [2.05, 4.69) is 32.9 Å². The molecule has 2 aromatic heterocycles. The first-order valence-corrected chi connectivity index (χ1v) is 13.8. The van der Waals surface area contributed by atoms with E-state index >= 15 is 0 Å². The van der Waals surface area contributed by atoms with E-state index in [0.717, 1.165) is 56.8 Å². The lowest BCUT2D eigenvalue weighted by molar-refractivity contribution is -0.138. The topological polar surface area (TPSA) is 111 Å². The maximum absolute atomic E-state index is 11.2. The van der Waals surface area contributed by atoms with Crippen LogP contribution < -0.4 is 4.90 Å². The number of rotatable bonds is 6. The molecule has 0 saturated carbocycles.